The number of ether oxygens (including phenoxy) is 1. The molecule has 1 aromatic rings. The van der Waals surface area contributed by atoms with Crippen molar-refractivity contribution in [2.45, 2.75) is 52.5 Å². The first-order chi connectivity index (χ1) is 9.57. The van der Waals surface area contributed by atoms with Gasteiger partial charge in [0.2, 0.25) is 0 Å². The monoisotopic (exact) mass is 277 g/mol. The highest BCUT2D eigenvalue weighted by Gasteiger charge is 2.39. The van der Waals surface area contributed by atoms with Gasteiger partial charge in [-0.3, -0.25) is 0 Å². The van der Waals surface area contributed by atoms with Gasteiger partial charge in [0.05, 0.1) is 6.61 Å². The Kier molecular flexibility index (Phi) is 6.56. The molecule has 20 heavy (non-hydrogen) atoms. The maximum absolute atomic E-state index is 12.5. The van der Waals surface area contributed by atoms with Crippen molar-refractivity contribution in [1.29, 1.82) is 0 Å². The van der Waals surface area contributed by atoms with Crippen LogP contribution in [-0.2, 0) is 9.53 Å². The van der Waals surface area contributed by atoms with Crippen LogP contribution in [-0.4, -0.2) is 18.1 Å². The summed E-state index contributed by atoms with van der Waals surface area (Å²) in [4.78, 5) is 12.5. The Morgan fingerprint density at radius 1 is 1.25 bits per heavy atom. The molecule has 0 heterocycles. The van der Waals surface area contributed by atoms with Crippen LogP contribution in [0, 0.1) is 5.92 Å². The first-order valence-corrected chi connectivity index (χ1v) is 7.58. The van der Waals surface area contributed by atoms with E-state index in [2.05, 4.69) is 19.2 Å². The van der Waals surface area contributed by atoms with E-state index in [0.29, 0.717) is 18.9 Å². The highest BCUT2D eigenvalue weighted by atomic mass is 16.5. The predicted octanol–water partition coefficient (Wildman–Crippen LogP) is 4.25. The fourth-order valence-electron chi connectivity index (χ4n) is 2.37. The Balaban J connectivity index is 3.00. The van der Waals surface area contributed by atoms with Crippen LogP contribution in [0.3, 0.4) is 0 Å². The van der Waals surface area contributed by atoms with Crippen molar-refractivity contribution >= 4 is 11.7 Å². The third-order valence-electron chi connectivity index (χ3n) is 3.82. The molecule has 2 unspecified atom stereocenters. The molecule has 0 fully saturated rings. The zero-order valence-electron chi connectivity index (χ0n) is 13.1. The maximum atomic E-state index is 12.5. The summed E-state index contributed by atoms with van der Waals surface area (Å²) in [7, 11) is 0. The lowest BCUT2D eigenvalue weighted by atomic mass is 9.84. The zero-order chi connectivity index (χ0) is 15.0. The molecule has 1 N–H and O–H groups in total. The predicted molar refractivity (Wildman–Crippen MR) is 83.8 cm³/mol. The van der Waals surface area contributed by atoms with E-state index in [-0.39, 0.29) is 5.97 Å². The van der Waals surface area contributed by atoms with E-state index < -0.39 is 5.54 Å². The highest BCUT2D eigenvalue weighted by Crippen LogP contribution is 2.29. The Bertz CT molecular complexity index is 405. The standard InChI is InChI=1S/C17H27NO2/c1-5-14(4)13-17(6-2,16(19)20-7-3)18-15-11-9-8-10-12-15/h8-12,14,18H,5-7,13H2,1-4H3. The molecule has 0 radical (unpaired) electrons. The quantitative estimate of drug-likeness (QED) is 0.722. The van der Waals surface area contributed by atoms with Crippen molar-refractivity contribution < 1.29 is 9.53 Å². The number of hydrogen-bond donors (Lipinski definition) is 1. The fraction of sp³-hybridized carbons (Fsp3) is 0.588. The third kappa shape index (κ3) is 4.26. The number of rotatable bonds is 8. The number of carbonyl (C=O) groups is 1. The molecule has 1 aromatic carbocycles. The van der Waals surface area contributed by atoms with Crippen molar-refractivity contribution in [3.63, 3.8) is 0 Å². The van der Waals surface area contributed by atoms with Crippen molar-refractivity contribution in [3.05, 3.63) is 30.3 Å². The van der Waals surface area contributed by atoms with Crippen LogP contribution in [0.2, 0.25) is 0 Å². The van der Waals surface area contributed by atoms with Gasteiger partial charge in [-0.1, -0.05) is 45.4 Å². The molecule has 1 rings (SSSR count). The van der Waals surface area contributed by atoms with Gasteiger partial charge in [0.15, 0.2) is 0 Å². The SMILES string of the molecule is CCOC(=O)C(CC)(CC(C)CC)Nc1ccccc1. The average molecular weight is 277 g/mol. The first-order valence-electron chi connectivity index (χ1n) is 7.58. The highest BCUT2D eigenvalue weighted by molar-refractivity contribution is 5.84. The van der Waals surface area contributed by atoms with Gasteiger partial charge in [-0.15, -0.1) is 0 Å². The molecule has 2 atom stereocenters. The molecule has 112 valence electrons. The summed E-state index contributed by atoms with van der Waals surface area (Å²) in [5.41, 5.74) is 0.331. The third-order valence-corrected chi connectivity index (χ3v) is 3.82. The summed E-state index contributed by atoms with van der Waals surface area (Å²) in [6.45, 7) is 8.63. The van der Waals surface area contributed by atoms with Crippen LogP contribution in [0.4, 0.5) is 5.69 Å². The molecule has 0 aromatic heterocycles. The van der Waals surface area contributed by atoms with Gasteiger partial charge < -0.3 is 10.1 Å². The molecule has 0 amide bonds. The summed E-state index contributed by atoms with van der Waals surface area (Å²) in [5, 5.41) is 3.42. The molecule has 3 heteroatoms. The molecule has 0 spiro atoms. The second-order valence-electron chi connectivity index (χ2n) is 5.36. The van der Waals surface area contributed by atoms with E-state index in [9.17, 15) is 4.79 Å². The first kappa shape index (κ1) is 16.5. The van der Waals surface area contributed by atoms with Crippen LogP contribution < -0.4 is 5.32 Å². The number of benzene rings is 1. The largest absolute Gasteiger partial charge is 0.464 e. The molecule has 0 aliphatic rings. The molecular weight excluding hydrogens is 250 g/mol. The minimum absolute atomic E-state index is 0.147. The minimum Gasteiger partial charge on any atom is -0.464 e. The minimum atomic E-state index is -0.632. The van der Waals surface area contributed by atoms with Crippen molar-refractivity contribution in [1.82, 2.24) is 0 Å². The van der Waals surface area contributed by atoms with Gasteiger partial charge in [0.25, 0.3) is 0 Å². The van der Waals surface area contributed by atoms with E-state index in [1.165, 1.54) is 0 Å². The molecule has 0 aliphatic heterocycles. The van der Waals surface area contributed by atoms with Crippen molar-refractivity contribution in [3.8, 4) is 0 Å². The van der Waals surface area contributed by atoms with Gasteiger partial charge in [0, 0.05) is 5.69 Å². The van der Waals surface area contributed by atoms with Crippen molar-refractivity contribution in [2.75, 3.05) is 11.9 Å². The van der Waals surface area contributed by atoms with Crippen LogP contribution in [0.1, 0.15) is 47.0 Å². The van der Waals surface area contributed by atoms with Crippen LogP contribution in [0.15, 0.2) is 30.3 Å². The zero-order valence-corrected chi connectivity index (χ0v) is 13.1. The number of hydrogen-bond acceptors (Lipinski definition) is 3. The van der Waals surface area contributed by atoms with Gasteiger partial charge in [-0.2, -0.15) is 0 Å². The van der Waals surface area contributed by atoms with Gasteiger partial charge in [0.1, 0.15) is 5.54 Å². The molecular formula is C17H27NO2. The summed E-state index contributed by atoms with van der Waals surface area (Å²) in [5.74, 6) is 0.322. The molecule has 0 saturated carbocycles. The van der Waals surface area contributed by atoms with Gasteiger partial charge in [-0.25, -0.2) is 4.79 Å². The van der Waals surface area contributed by atoms with E-state index in [4.69, 9.17) is 4.74 Å². The van der Waals surface area contributed by atoms with Crippen LogP contribution in [0.5, 0.6) is 0 Å². The summed E-state index contributed by atoms with van der Waals surface area (Å²) in [6.07, 6.45) is 2.55. The van der Waals surface area contributed by atoms with Crippen LogP contribution >= 0.6 is 0 Å². The summed E-state index contributed by atoms with van der Waals surface area (Å²) >= 11 is 0. The fourth-order valence-corrected chi connectivity index (χ4v) is 2.37. The number of anilines is 1. The lowest BCUT2D eigenvalue weighted by Crippen LogP contribution is -2.48. The number of carbonyl (C=O) groups excluding carboxylic acids is 1. The second-order valence-corrected chi connectivity index (χ2v) is 5.36. The lowest BCUT2D eigenvalue weighted by molar-refractivity contribution is -0.149. The van der Waals surface area contributed by atoms with E-state index in [1.54, 1.807) is 0 Å². The number of esters is 1. The van der Waals surface area contributed by atoms with Gasteiger partial charge in [-0.05, 0) is 37.8 Å². The molecule has 0 saturated heterocycles. The topological polar surface area (TPSA) is 38.3 Å². The smallest absolute Gasteiger partial charge is 0.331 e. The second kappa shape index (κ2) is 7.93. The van der Waals surface area contributed by atoms with E-state index >= 15 is 0 Å². The average Bonchev–Trinajstić information content (AvgIpc) is 2.47. The number of para-hydroxylation sites is 1. The Morgan fingerprint density at radius 2 is 1.90 bits per heavy atom. The molecule has 3 nitrogen and oxygen atoms in total. The van der Waals surface area contributed by atoms with Crippen molar-refractivity contribution in [2.24, 2.45) is 5.92 Å². The Morgan fingerprint density at radius 3 is 2.40 bits per heavy atom. The van der Waals surface area contributed by atoms with Gasteiger partial charge >= 0.3 is 5.97 Å². The van der Waals surface area contributed by atoms with Crippen LogP contribution in [0.25, 0.3) is 0 Å². The van der Waals surface area contributed by atoms with E-state index in [0.717, 1.165) is 18.5 Å². The number of nitrogens with one attached hydrogen (secondary N) is 1. The Hall–Kier alpha value is -1.51. The summed E-state index contributed by atoms with van der Waals surface area (Å²) < 4.78 is 5.31. The molecule has 0 aliphatic carbocycles. The maximum Gasteiger partial charge on any atom is 0.331 e. The normalized spacial score (nSPS) is 15.2. The Labute approximate surface area is 122 Å². The summed E-state index contributed by atoms with van der Waals surface area (Å²) in [6, 6.07) is 9.88. The van der Waals surface area contributed by atoms with E-state index in [1.807, 2.05) is 44.2 Å². The molecule has 0 bridgehead atoms. The lowest BCUT2D eigenvalue weighted by Gasteiger charge is -2.34.